The van der Waals surface area contributed by atoms with Gasteiger partial charge in [-0.3, -0.25) is 0 Å². The number of hydrogen-bond donors (Lipinski definition) is 0. The highest BCUT2D eigenvalue weighted by Gasteiger charge is 2.38. The van der Waals surface area contributed by atoms with E-state index in [-0.39, 0.29) is 0 Å². The molecule has 3 nitrogen and oxygen atoms in total. The van der Waals surface area contributed by atoms with Gasteiger partial charge in [0, 0.05) is 33.5 Å². The third-order valence-electron chi connectivity index (χ3n) is 9.19. The molecule has 0 unspecified atom stereocenters. The molecule has 0 bridgehead atoms. The summed E-state index contributed by atoms with van der Waals surface area (Å²) in [5, 5.41) is 4.12. The summed E-state index contributed by atoms with van der Waals surface area (Å²) in [4.78, 5) is 0. The molecule has 0 aromatic heterocycles. The highest BCUT2D eigenvalue weighted by Crippen LogP contribution is 2.65. The second kappa shape index (κ2) is 11.7. The lowest BCUT2D eigenvalue weighted by atomic mass is 9.83. The molecule has 0 amide bonds. The molecule has 0 saturated carbocycles. The Morgan fingerprint density at radius 1 is 0.511 bits per heavy atom. The number of benzene rings is 6. The van der Waals surface area contributed by atoms with Gasteiger partial charge in [-0.05, 0) is 92.7 Å². The summed E-state index contributed by atoms with van der Waals surface area (Å²) in [6.45, 7) is 4.50. The highest BCUT2D eigenvalue weighted by atomic mass is 35.7. The molecule has 0 aliphatic carbocycles. The molecule has 5 heteroatoms. The van der Waals surface area contributed by atoms with Gasteiger partial charge in [-0.2, -0.15) is 0 Å². The molecule has 1 heterocycles. The number of aryl methyl sites for hydroxylation is 4. The first-order valence-corrected chi connectivity index (χ1v) is 18.4. The van der Waals surface area contributed by atoms with E-state index in [0.29, 0.717) is 11.5 Å². The number of hydrogen-bond acceptors (Lipinski definition) is 3. The average Bonchev–Trinajstić information content (AvgIpc) is 3.20. The lowest BCUT2D eigenvalue weighted by molar-refractivity contribution is 0.413. The van der Waals surface area contributed by atoms with E-state index in [0.717, 1.165) is 80.6 Å². The van der Waals surface area contributed by atoms with Gasteiger partial charge in [0.1, 0.15) is 11.5 Å². The zero-order chi connectivity index (χ0) is 31.3. The first kappa shape index (κ1) is 29.7. The van der Waals surface area contributed by atoms with Crippen molar-refractivity contribution in [3.05, 3.63) is 119 Å². The van der Waals surface area contributed by atoms with Crippen LogP contribution in [0.25, 0.3) is 54.9 Å². The monoisotopic (exact) mass is 630 g/mol. The Hall–Kier alpha value is -4.04. The van der Waals surface area contributed by atoms with Crippen molar-refractivity contribution in [2.75, 3.05) is 0 Å². The van der Waals surface area contributed by atoms with Crippen LogP contribution in [0.4, 0.5) is 0 Å². The van der Waals surface area contributed by atoms with E-state index in [9.17, 15) is 4.57 Å². The molecule has 1 aliphatic heterocycles. The lowest BCUT2D eigenvalue weighted by Gasteiger charge is -2.22. The van der Waals surface area contributed by atoms with Gasteiger partial charge in [-0.15, -0.1) is 0 Å². The second-order valence-electron chi connectivity index (χ2n) is 11.6. The van der Waals surface area contributed by atoms with Crippen LogP contribution in [0.2, 0.25) is 0 Å². The van der Waals surface area contributed by atoms with Crippen molar-refractivity contribution >= 4 is 39.7 Å². The topological polar surface area (TPSA) is 35.5 Å². The van der Waals surface area contributed by atoms with Crippen molar-refractivity contribution in [1.29, 1.82) is 0 Å². The maximum absolute atomic E-state index is 14.4. The SMILES string of the molecule is CCc1cccc(CC)c1-c1cc2ccccc2c2c1OP(=O)(Cl)Oc1c(-c3c(CC)cccc3CC)cc3ccccc3c1-2. The Morgan fingerprint density at radius 3 is 1.22 bits per heavy atom. The van der Waals surface area contributed by atoms with E-state index >= 15 is 0 Å². The van der Waals surface area contributed by atoms with E-state index in [1.807, 2.05) is 12.1 Å². The quantitative estimate of drug-likeness (QED) is 0.172. The van der Waals surface area contributed by atoms with Crippen LogP contribution < -0.4 is 9.05 Å². The molecule has 0 saturated heterocycles. The van der Waals surface area contributed by atoms with Gasteiger partial charge < -0.3 is 9.05 Å². The van der Waals surface area contributed by atoms with Crippen LogP contribution in [0.15, 0.2) is 97.1 Å². The van der Waals surface area contributed by atoms with E-state index in [1.54, 1.807) is 0 Å². The molecule has 6 aromatic carbocycles. The van der Waals surface area contributed by atoms with E-state index in [1.165, 1.54) is 22.3 Å². The molecular weight excluding hydrogens is 595 g/mol. The molecule has 0 N–H and O–H groups in total. The van der Waals surface area contributed by atoms with Crippen LogP contribution in [-0.4, -0.2) is 0 Å². The van der Waals surface area contributed by atoms with Crippen LogP contribution >= 0.6 is 18.2 Å². The summed E-state index contributed by atoms with van der Waals surface area (Å²) < 4.78 is 27.3. The Balaban J connectivity index is 1.73. The number of rotatable bonds is 6. The van der Waals surface area contributed by atoms with E-state index < -0.39 is 6.95 Å². The summed E-state index contributed by atoms with van der Waals surface area (Å²) in [5.74, 6) is 1.01. The Bertz CT molecular complexity index is 1970. The normalized spacial score (nSPS) is 13.5. The van der Waals surface area contributed by atoms with Crippen LogP contribution in [0.3, 0.4) is 0 Å². The standard InChI is InChI=1S/C40H36ClO3P/c1-5-25-17-13-18-26(6-2)35(25)33-23-29-15-9-11-21-31(29)37-38-32-22-12-10-16-30(32)24-34(40(38)44-45(41,42)43-39(33)37)36-27(7-3)19-14-20-28(36)8-4/h9-24H,5-8H2,1-4H3. The summed E-state index contributed by atoms with van der Waals surface area (Å²) in [5.41, 5.74) is 10.5. The third-order valence-corrected chi connectivity index (χ3v) is 10.4. The lowest BCUT2D eigenvalue weighted by Crippen LogP contribution is -2.00. The fourth-order valence-electron chi connectivity index (χ4n) is 7.13. The minimum absolute atomic E-state index is 0.503. The minimum Gasteiger partial charge on any atom is -0.403 e. The maximum Gasteiger partial charge on any atom is 0.530 e. The molecule has 0 spiro atoms. The summed E-state index contributed by atoms with van der Waals surface area (Å²) in [6.07, 6.45) is 3.38. The van der Waals surface area contributed by atoms with Crippen LogP contribution in [0.1, 0.15) is 49.9 Å². The Labute approximate surface area is 270 Å². The predicted octanol–water partition coefficient (Wildman–Crippen LogP) is 12.4. The zero-order valence-electron chi connectivity index (χ0n) is 26.1. The van der Waals surface area contributed by atoms with Crippen LogP contribution in [-0.2, 0) is 30.2 Å². The van der Waals surface area contributed by atoms with Gasteiger partial charge in [0.15, 0.2) is 0 Å². The number of halogens is 1. The van der Waals surface area contributed by atoms with Crippen molar-refractivity contribution in [2.24, 2.45) is 0 Å². The van der Waals surface area contributed by atoms with Crippen LogP contribution in [0.5, 0.6) is 11.5 Å². The van der Waals surface area contributed by atoms with Gasteiger partial charge in [0.25, 0.3) is 0 Å². The van der Waals surface area contributed by atoms with Crippen LogP contribution in [0, 0.1) is 0 Å². The van der Waals surface area contributed by atoms with E-state index in [4.69, 9.17) is 20.3 Å². The minimum atomic E-state index is -4.17. The summed E-state index contributed by atoms with van der Waals surface area (Å²) in [7, 11) is 0. The van der Waals surface area contributed by atoms with Gasteiger partial charge in [0.2, 0.25) is 0 Å². The summed E-state index contributed by atoms with van der Waals surface area (Å²) >= 11 is 6.86. The Morgan fingerprint density at radius 2 is 0.867 bits per heavy atom. The maximum atomic E-state index is 14.4. The van der Waals surface area contributed by atoms with Gasteiger partial charge >= 0.3 is 6.95 Å². The molecule has 7 rings (SSSR count). The van der Waals surface area contributed by atoms with Crippen molar-refractivity contribution in [2.45, 2.75) is 53.4 Å². The predicted molar refractivity (Wildman–Crippen MR) is 190 cm³/mol. The molecular formula is C40H36ClO3P. The third kappa shape index (κ3) is 4.94. The zero-order valence-corrected chi connectivity index (χ0v) is 27.8. The number of fused-ring (bicyclic) bond motifs is 7. The first-order valence-electron chi connectivity index (χ1n) is 15.9. The largest absolute Gasteiger partial charge is 0.530 e. The van der Waals surface area contributed by atoms with Crippen molar-refractivity contribution in [3.8, 4) is 44.9 Å². The molecule has 0 atom stereocenters. The summed E-state index contributed by atoms with van der Waals surface area (Å²) in [6, 6.07) is 33.9. The molecule has 226 valence electrons. The van der Waals surface area contributed by atoms with Gasteiger partial charge in [0.05, 0.1) is 0 Å². The molecule has 0 radical (unpaired) electrons. The van der Waals surface area contributed by atoms with Gasteiger partial charge in [-0.25, -0.2) is 4.57 Å². The molecule has 0 fully saturated rings. The molecule has 45 heavy (non-hydrogen) atoms. The molecule has 1 aliphatic rings. The first-order chi connectivity index (χ1) is 21.9. The Kier molecular flexibility index (Phi) is 7.72. The molecule has 6 aromatic rings. The van der Waals surface area contributed by atoms with Crippen molar-refractivity contribution in [3.63, 3.8) is 0 Å². The van der Waals surface area contributed by atoms with Crippen molar-refractivity contribution < 1.29 is 13.6 Å². The van der Waals surface area contributed by atoms with Crippen molar-refractivity contribution in [1.82, 2.24) is 0 Å². The fourth-order valence-corrected chi connectivity index (χ4v) is 8.40. The second-order valence-corrected chi connectivity index (χ2v) is 14.1. The smallest absolute Gasteiger partial charge is 0.403 e. The van der Waals surface area contributed by atoms with Gasteiger partial charge in [-0.1, -0.05) is 113 Å². The highest BCUT2D eigenvalue weighted by molar-refractivity contribution is 7.82. The average molecular weight is 631 g/mol. The van der Waals surface area contributed by atoms with E-state index in [2.05, 4.69) is 113 Å². The fraction of sp³-hybridized carbons (Fsp3) is 0.200.